The average molecular weight is 414 g/mol. The van der Waals surface area contributed by atoms with Crippen molar-refractivity contribution in [3.05, 3.63) is 53.3 Å². The summed E-state index contributed by atoms with van der Waals surface area (Å²) >= 11 is 1.51. The van der Waals surface area contributed by atoms with Gasteiger partial charge >= 0.3 is 5.97 Å². The molecule has 0 saturated heterocycles. The molecule has 8 nitrogen and oxygen atoms in total. The molecule has 0 unspecified atom stereocenters. The van der Waals surface area contributed by atoms with Crippen LogP contribution in [0, 0.1) is 5.41 Å². The molecule has 0 aliphatic carbocycles. The number of nitrogens with zero attached hydrogens (tertiary/aromatic N) is 4. The molecule has 0 atom stereocenters. The number of aromatic nitrogens is 4. The lowest BCUT2D eigenvalue weighted by molar-refractivity contribution is -0.121. The maximum absolute atomic E-state index is 12.3. The summed E-state index contributed by atoms with van der Waals surface area (Å²) in [5.74, 6) is -1.09. The Bertz CT molecular complexity index is 982. The number of aryl methyl sites for hydroxylation is 1. The monoisotopic (exact) mass is 413 g/mol. The molecule has 1 amide bonds. The fraction of sp³-hybridized carbons (Fsp3) is 0.350. The first kappa shape index (κ1) is 20.7. The first-order chi connectivity index (χ1) is 13.8. The van der Waals surface area contributed by atoms with Crippen molar-refractivity contribution in [2.45, 2.75) is 33.2 Å². The number of hydrogen-bond donors (Lipinski definition) is 2. The average Bonchev–Trinajstić information content (AvgIpc) is 3.36. The maximum Gasteiger partial charge on any atom is 0.335 e. The Morgan fingerprint density at radius 3 is 2.79 bits per heavy atom. The first-order valence-electron chi connectivity index (χ1n) is 9.21. The van der Waals surface area contributed by atoms with Crippen molar-refractivity contribution in [2.24, 2.45) is 5.41 Å². The van der Waals surface area contributed by atoms with E-state index in [0.717, 1.165) is 10.6 Å². The molecule has 29 heavy (non-hydrogen) atoms. The second-order valence-electron chi connectivity index (χ2n) is 7.57. The van der Waals surface area contributed by atoms with Crippen LogP contribution < -0.4 is 5.32 Å². The molecule has 0 aliphatic rings. The van der Waals surface area contributed by atoms with Crippen LogP contribution >= 0.6 is 11.3 Å². The Kier molecular flexibility index (Phi) is 6.38. The smallest absolute Gasteiger partial charge is 0.335 e. The zero-order chi connectivity index (χ0) is 20.9. The van der Waals surface area contributed by atoms with Gasteiger partial charge in [-0.3, -0.25) is 14.5 Å². The van der Waals surface area contributed by atoms with Crippen LogP contribution in [0.5, 0.6) is 0 Å². The van der Waals surface area contributed by atoms with E-state index in [0.29, 0.717) is 25.1 Å². The predicted molar refractivity (Wildman–Crippen MR) is 110 cm³/mol. The fourth-order valence-corrected chi connectivity index (χ4v) is 3.52. The van der Waals surface area contributed by atoms with Crippen LogP contribution in [0.3, 0.4) is 0 Å². The number of carboxylic acid groups (broad SMARTS) is 1. The number of amides is 1. The van der Waals surface area contributed by atoms with E-state index in [1.807, 2.05) is 20.0 Å². The maximum atomic E-state index is 12.3. The Labute approximate surface area is 172 Å². The number of hydrogen-bond acceptors (Lipinski definition) is 6. The van der Waals surface area contributed by atoms with Crippen LogP contribution in [0.1, 0.15) is 36.2 Å². The SMILES string of the molecule is CC(C)(CNC(=O)CCc1ccccc1C(=O)O)Cn1cc(-c2cncs2)nn1. The minimum Gasteiger partial charge on any atom is -0.478 e. The van der Waals surface area contributed by atoms with E-state index in [-0.39, 0.29) is 23.3 Å². The zero-order valence-corrected chi connectivity index (χ0v) is 17.1. The van der Waals surface area contributed by atoms with Crippen molar-refractivity contribution in [3.63, 3.8) is 0 Å². The normalized spacial score (nSPS) is 11.4. The predicted octanol–water partition coefficient (Wildman–Crippen LogP) is 2.88. The van der Waals surface area contributed by atoms with E-state index in [2.05, 4.69) is 20.6 Å². The standard InChI is InChI=1S/C20H23N5O3S/c1-20(2,12-25-10-16(23-24-25)17-9-21-13-29-17)11-22-18(26)8-7-14-5-3-4-6-15(14)19(27)28/h3-6,9-10,13H,7-8,11-12H2,1-2H3,(H,22,26)(H,27,28). The summed E-state index contributed by atoms with van der Waals surface area (Å²) in [5.41, 5.74) is 3.20. The highest BCUT2D eigenvalue weighted by molar-refractivity contribution is 7.13. The van der Waals surface area contributed by atoms with Crippen LogP contribution in [-0.4, -0.2) is 43.5 Å². The van der Waals surface area contributed by atoms with Crippen LogP contribution in [0.4, 0.5) is 0 Å². The zero-order valence-electron chi connectivity index (χ0n) is 16.3. The third kappa shape index (κ3) is 5.71. The number of carboxylic acids is 1. The van der Waals surface area contributed by atoms with Gasteiger partial charge < -0.3 is 10.4 Å². The number of carbonyl (C=O) groups excluding carboxylic acids is 1. The molecular weight excluding hydrogens is 390 g/mol. The van der Waals surface area contributed by atoms with Crippen molar-refractivity contribution in [1.29, 1.82) is 0 Å². The number of aromatic carboxylic acids is 1. The first-order valence-corrected chi connectivity index (χ1v) is 10.1. The van der Waals surface area contributed by atoms with E-state index in [4.69, 9.17) is 0 Å². The third-order valence-electron chi connectivity index (χ3n) is 4.45. The van der Waals surface area contributed by atoms with Gasteiger partial charge in [-0.2, -0.15) is 0 Å². The van der Waals surface area contributed by atoms with Gasteiger partial charge in [-0.15, -0.1) is 16.4 Å². The summed E-state index contributed by atoms with van der Waals surface area (Å²) in [4.78, 5) is 28.5. The van der Waals surface area contributed by atoms with Crippen LogP contribution in [0.2, 0.25) is 0 Å². The molecule has 1 aromatic carbocycles. The number of thiazole rings is 1. The summed E-state index contributed by atoms with van der Waals surface area (Å²) in [5, 5.41) is 20.5. The van der Waals surface area contributed by atoms with Crippen molar-refractivity contribution in [3.8, 4) is 10.6 Å². The van der Waals surface area contributed by atoms with E-state index in [1.165, 1.54) is 11.3 Å². The van der Waals surface area contributed by atoms with Gasteiger partial charge in [0.05, 0.1) is 22.1 Å². The van der Waals surface area contributed by atoms with E-state index in [1.54, 1.807) is 40.7 Å². The second kappa shape index (κ2) is 8.95. The number of benzene rings is 1. The molecule has 0 radical (unpaired) electrons. The lowest BCUT2D eigenvalue weighted by Crippen LogP contribution is -2.36. The quantitative estimate of drug-likeness (QED) is 0.558. The van der Waals surface area contributed by atoms with Crippen LogP contribution in [-0.2, 0) is 17.8 Å². The molecule has 0 saturated carbocycles. The van der Waals surface area contributed by atoms with Crippen LogP contribution in [0.25, 0.3) is 10.6 Å². The lowest BCUT2D eigenvalue weighted by Gasteiger charge is -2.24. The minimum atomic E-state index is -0.979. The molecule has 0 fully saturated rings. The van der Waals surface area contributed by atoms with E-state index < -0.39 is 5.97 Å². The van der Waals surface area contributed by atoms with Gasteiger partial charge in [0.25, 0.3) is 0 Å². The van der Waals surface area contributed by atoms with Gasteiger partial charge in [0.2, 0.25) is 5.91 Å². The molecular formula is C20H23N5O3S. The summed E-state index contributed by atoms with van der Waals surface area (Å²) in [6, 6.07) is 6.75. The van der Waals surface area contributed by atoms with Gasteiger partial charge in [0, 0.05) is 31.1 Å². The Morgan fingerprint density at radius 2 is 2.07 bits per heavy atom. The molecule has 3 rings (SSSR count). The number of carbonyl (C=O) groups is 2. The number of rotatable bonds is 9. The molecule has 0 bridgehead atoms. The molecule has 2 N–H and O–H groups in total. The summed E-state index contributed by atoms with van der Waals surface area (Å²) in [6.07, 6.45) is 4.25. The summed E-state index contributed by atoms with van der Waals surface area (Å²) < 4.78 is 1.77. The van der Waals surface area contributed by atoms with Gasteiger partial charge in [-0.1, -0.05) is 37.3 Å². The van der Waals surface area contributed by atoms with Crippen molar-refractivity contribution in [1.82, 2.24) is 25.3 Å². The Balaban J connectivity index is 1.50. The van der Waals surface area contributed by atoms with Crippen molar-refractivity contribution >= 4 is 23.2 Å². The van der Waals surface area contributed by atoms with Gasteiger partial charge in [-0.05, 0) is 18.1 Å². The molecule has 152 valence electrons. The van der Waals surface area contributed by atoms with E-state index in [9.17, 15) is 14.7 Å². The fourth-order valence-electron chi connectivity index (χ4n) is 2.95. The molecule has 2 heterocycles. The lowest BCUT2D eigenvalue weighted by atomic mass is 9.93. The summed E-state index contributed by atoms with van der Waals surface area (Å²) in [7, 11) is 0. The topological polar surface area (TPSA) is 110 Å². The minimum absolute atomic E-state index is 0.109. The highest BCUT2D eigenvalue weighted by atomic mass is 32.1. The molecule has 9 heteroatoms. The largest absolute Gasteiger partial charge is 0.478 e. The highest BCUT2D eigenvalue weighted by Crippen LogP contribution is 2.22. The van der Waals surface area contributed by atoms with Gasteiger partial charge in [0.15, 0.2) is 0 Å². The molecule has 2 aromatic heterocycles. The molecule has 0 aliphatic heterocycles. The highest BCUT2D eigenvalue weighted by Gasteiger charge is 2.21. The Hall–Kier alpha value is -3.07. The second-order valence-corrected chi connectivity index (χ2v) is 8.46. The van der Waals surface area contributed by atoms with E-state index >= 15 is 0 Å². The molecule has 3 aromatic rings. The van der Waals surface area contributed by atoms with Gasteiger partial charge in [-0.25, -0.2) is 4.79 Å². The van der Waals surface area contributed by atoms with Crippen molar-refractivity contribution in [2.75, 3.05) is 6.54 Å². The van der Waals surface area contributed by atoms with Crippen molar-refractivity contribution < 1.29 is 14.7 Å². The summed E-state index contributed by atoms with van der Waals surface area (Å²) in [6.45, 7) is 5.16. The number of nitrogens with one attached hydrogen (secondary N) is 1. The Morgan fingerprint density at radius 1 is 1.28 bits per heavy atom. The van der Waals surface area contributed by atoms with Gasteiger partial charge in [0.1, 0.15) is 5.69 Å². The van der Waals surface area contributed by atoms with Crippen LogP contribution in [0.15, 0.2) is 42.2 Å². The third-order valence-corrected chi connectivity index (χ3v) is 5.24. The molecule has 0 spiro atoms.